The topological polar surface area (TPSA) is 247 Å². The third-order valence-corrected chi connectivity index (χ3v) is 6.78. The van der Waals surface area contributed by atoms with E-state index in [1.54, 1.807) is 0 Å². The molecule has 2 aliphatic rings. The highest BCUT2D eigenvalue weighted by atomic mass is 16.7. The van der Waals surface area contributed by atoms with Crippen molar-refractivity contribution in [2.75, 3.05) is 26.4 Å². The Bertz CT molecular complexity index is 1400. The van der Waals surface area contributed by atoms with E-state index in [4.69, 9.17) is 56.8 Å². The van der Waals surface area contributed by atoms with Gasteiger partial charge in [-0.1, -0.05) is 11.8 Å². The zero-order valence-electron chi connectivity index (χ0n) is 30.8. The summed E-state index contributed by atoms with van der Waals surface area (Å²) in [6.45, 7) is 7.04. The van der Waals surface area contributed by atoms with Gasteiger partial charge >= 0.3 is 47.8 Å². The maximum atomic E-state index is 12.0. The Morgan fingerprint density at radius 3 is 0.963 bits per heavy atom. The van der Waals surface area contributed by atoms with Gasteiger partial charge in [0.15, 0.2) is 49.2 Å². The van der Waals surface area contributed by atoms with Gasteiger partial charge < -0.3 is 56.8 Å². The fourth-order valence-electron chi connectivity index (χ4n) is 5.05. The zero-order valence-corrected chi connectivity index (χ0v) is 30.8. The second kappa shape index (κ2) is 22.1. The number of rotatable bonds is 14. The molecule has 0 aliphatic carbocycles. The summed E-state index contributed by atoms with van der Waals surface area (Å²) in [6, 6.07) is 0. The Labute approximate surface area is 309 Å². The third kappa shape index (κ3) is 15.4. The van der Waals surface area contributed by atoms with Crippen molar-refractivity contribution in [3.63, 3.8) is 0 Å². The van der Waals surface area contributed by atoms with Crippen LogP contribution in [0.1, 0.15) is 55.4 Å². The molecule has 0 unspecified atom stereocenters. The Hall–Kier alpha value is -5.28. The number of hydrogen-bond donors (Lipinski definition) is 0. The van der Waals surface area contributed by atoms with E-state index >= 15 is 0 Å². The fraction of sp³-hybridized carbons (Fsp3) is 0.647. The van der Waals surface area contributed by atoms with Crippen molar-refractivity contribution in [1.82, 2.24) is 0 Å². The van der Waals surface area contributed by atoms with Crippen LogP contribution in [0.2, 0.25) is 0 Å². The lowest BCUT2D eigenvalue weighted by molar-refractivity contribution is -0.305. The van der Waals surface area contributed by atoms with Gasteiger partial charge in [0.25, 0.3) is 0 Å². The van der Waals surface area contributed by atoms with Crippen LogP contribution in [0.5, 0.6) is 0 Å². The number of carbonyl (C=O) groups excluding carboxylic acids is 8. The van der Waals surface area contributed by atoms with Gasteiger partial charge in [0, 0.05) is 55.4 Å². The lowest BCUT2D eigenvalue weighted by Crippen LogP contribution is -2.63. The first kappa shape index (κ1) is 44.9. The molecule has 0 aromatic heterocycles. The van der Waals surface area contributed by atoms with Crippen molar-refractivity contribution in [3.05, 3.63) is 0 Å². The molecule has 2 fully saturated rings. The molecule has 10 atom stereocenters. The lowest BCUT2D eigenvalue weighted by Gasteiger charge is -2.43. The molecular formula is C34H42O20. The molecule has 54 heavy (non-hydrogen) atoms. The van der Waals surface area contributed by atoms with Crippen molar-refractivity contribution < 1.29 is 95.2 Å². The van der Waals surface area contributed by atoms with Crippen molar-refractivity contribution >= 4 is 47.8 Å². The number of ether oxygens (including phenoxy) is 12. The summed E-state index contributed by atoms with van der Waals surface area (Å²) in [5.41, 5.74) is 0. The van der Waals surface area contributed by atoms with Crippen LogP contribution in [0, 0.1) is 23.7 Å². The van der Waals surface area contributed by atoms with E-state index in [9.17, 15) is 38.4 Å². The van der Waals surface area contributed by atoms with Gasteiger partial charge in [-0.2, -0.15) is 0 Å². The average Bonchev–Trinajstić information content (AvgIpc) is 3.04. The normalized spacial score (nSPS) is 27.1. The van der Waals surface area contributed by atoms with Crippen LogP contribution in [0.25, 0.3) is 0 Å². The minimum atomic E-state index is -1.46. The molecule has 2 rings (SSSR count). The van der Waals surface area contributed by atoms with E-state index in [1.165, 1.54) is 0 Å². The van der Waals surface area contributed by atoms with Crippen molar-refractivity contribution in [3.8, 4) is 23.7 Å². The summed E-state index contributed by atoms with van der Waals surface area (Å²) >= 11 is 0. The van der Waals surface area contributed by atoms with Crippen molar-refractivity contribution in [2.24, 2.45) is 0 Å². The molecule has 0 aromatic carbocycles. The maximum absolute atomic E-state index is 12.0. The first-order valence-corrected chi connectivity index (χ1v) is 16.2. The molecule has 2 aliphatic heterocycles. The van der Waals surface area contributed by atoms with E-state index in [-0.39, 0.29) is 0 Å². The van der Waals surface area contributed by atoms with Gasteiger partial charge in [-0.25, -0.2) is 0 Å². The minimum Gasteiger partial charge on any atom is -0.463 e. The van der Waals surface area contributed by atoms with Gasteiger partial charge in [-0.05, 0) is 11.8 Å². The molecule has 0 amide bonds. The molecule has 2 saturated heterocycles. The molecule has 0 aromatic rings. The van der Waals surface area contributed by atoms with Gasteiger partial charge in [0.2, 0.25) is 0 Å². The minimum absolute atomic E-state index is 0.400. The Morgan fingerprint density at radius 1 is 0.407 bits per heavy atom. The molecule has 20 nitrogen and oxygen atoms in total. The van der Waals surface area contributed by atoms with Crippen LogP contribution in [-0.2, 0) is 95.2 Å². The smallest absolute Gasteiger partial charge is 0.303 e. The number of hydrogen-bond acceptors (Lipinski definition) is 20. The van der Waals surface area contributed by atoms with Crippen LogP contribution >= 0.6 is 0 Å². The van der Waals surface area contributed by atoms with Crippen LogP contribution < -0.4 is 0 Å². The van der Waals surface area contributed by atoms with Crippen LogP contribution in [0.4, 0.5) is 0 Å². The zero-order chi connectivity index (χ0) is 40.5. The SMILES string of the molecule is CC(=O)OC[C@H]1O[C@H](OCC#CC#CCO[C@H]2O[C@H](COC(C)=O)[C@@H](OC(C)=O)[C@H](OC(C)=O)[C@@H]2OC(C)=O)[C@@H](OC(C)=O)[C@@H](OC(C)=O)[C@@H]1OC(C)=O. The molecule has 20 heteroatoms. The van der Waals surface area contributed by atoms with Gasteiger partial charge in [-0.15, -0.1) is 0 Å². The van der Waals surface area contributed by atoms with E-state index < -0.39 is 136 Å². The monoisotopic (exact) mass is 770 g/mol. The van der Waals surface area contributed by atoms with E-state index in [0.717, 1.165) is 55.4 Å². The average molecular weight is 771 g/mol. The fourth-order valence-corrected chi connectivity index (χ4v) is 5.05. The first-order chi connectivity index (χ1) is 25.4. The summed E-state index contributed by atoms with van der Waals surface area (Å²) in [4.78, 5) is 94.7. The maximum Gasteiger partial charge on any atom is 0.303 e. The van der Waals surface area contributed by atoms with Crippen LogP contribution in [-0.4, -0.2) is 136 Å². The molecule has 298 valence electrons. The van der Waals surface area contributed by atoms with Crippen molar-refractivity contribution in [2.45, 2.75) is 117 Å². The molecule has 2 heterocycles. The molecular weight excluding hydrogens is 728 g/mol. The largest absolute Gasteiger partial charge is 0.463 e. The number of carbonyl (C=O) groups is 8. The first-order valence-electron chi connectivity index (χ1n) is 16.2. The summed E-state index contributed by atoms with van der Waals surface area (Å²) in [7, 11) is 0. The third-order valence-electron chi connectivity index (χ3n) is 6.78. The Morgan fingerprint density at radius 2 is 0.685 bits per heavy atom. The van der Waals surface area contributed by atoms with Crippen LogP contribution in [0.15, 0.2) is 0 Å². The second-order valence-electron chi connectivity index (χ2n) is 11.4. The molecule has 0 saturated carbocycles. The van der Waals surface area contributed by atoms with E-state index in [0.29, 0.717) is 0 Å². The van der Waals surface area contributed by atoms with Gasteiger partial charge in [0.1, 0.15) is 38.6 Å². The van der Waals surface area contributed by atoms with Gasteiger partial charge in [0.05, 0.1) is 0 Å². The van der Waals surface area contributed by atoms with Crippen molar-refractivity contribution in [1.29, 1.82) is 0 Å². The summed E-state index contributed by atoms with van der Waals surface area (Å²) in [5, 5.41) is 0. The molecule has 0 radical (unpaired) electrons. The van der Waals surface area contributed by atoms with Gasteiger partial charge in [-0.3, -0.25) is 38.4 Å². The predicted octanol–water partition coefficient (Wildman–Crippen LogP) is -0.807. The standard InChI is InChI=1S/C34H42O20/c1-17(35)45-15-25-27(47-19(3)37)29(49-21(5)39)31(51-23(7)41)33(53-25)43-13-11-9-10-12-14-44-34-32(52-24(8)42)30(50-22(6)40)28(48-20(4)38)26(54-34)16-46-18(2)36/h25-34H,13-16H2,1-8H3/t25-,26-,27-,28-,29+,30+,31+,32+,33+,34+/m1/s1. The summed E-state index contributed by atoms with van der Waals surface area (Å²) in [6.07, 6.45) is -13.9. The van der Waals surface area contributed by atoms with E-state index in [1.807, 2.05) is 0 Å². The summed E-state index contributed by atoms with van der Waals surface area (Å²) in [5.74, 6) is 3.88. The summed E-state index contributed by atoms with van der Waals surface area (Å²) < 4.78 is 64.9. The highest BCUT2D eigenvalue weighted by Gasteiger charge is 2.54. The molecule has 0 spiro atoms. The Balaban J connectivity index is 2.24. The van der Waals surface area contributed by atoms with Crippen LogP contribution in [0.3, 0.4) is 0 Å². The number of esters is 8. The highest BCUT2D eigenvalue weighted by Crippen LogP contribution is 2.31. The quantitative estimate of drug-likeness (QED) is 0.119. The second-order valence-corrected chi connectivity index (χ2v) is 11.4. The Kier molecular flexibility index (Phi) is 18.3. The lowest BCUT2D eigenvalue weighted by atomic mass is 9.98. The molecule has 0 bridgehead atoms. The van der Waals surface area contributed by atoms with E-state index in [2.05, 4.69) is 23.7 Å². The highest BCUT2D eigenvalue weighted by molar-refractivity contribution is 5.70. The predicted molar refractivity (Wildman–Crippen MR) is 171 cm³/mol. The molecule has 0 N–H and O–H groups in total.